The van der Waals surface area contributed by atoms with Crippen molar-refractivity contribution < 1.29 is 4.79 Å². The Labute approximate surface area is 46.8 Å². The van der Waals surface area contributed by atoms with Crippen LogP contribution in [0.4, 0.5) is 0 Å². The molecule has 0 saturated heterocycles. The maximum Gasteiger partial charge on any atom is 0.224 e. The summed E-state index contributed by atoms with van der Waals surface area (Å²) in [4.78, 5) is 10.3. The van der Waals surface area contributed by atoms with Crippen molar-refractivity contribution in [2.45, 2.75) is 0 Å². The van der Waals surface area contributed by atoms with Gasteiger partial charge in [-0.3, -0.25) is 4.79 Å². The summed E-state index contributed by atoms with van der Waals surface area (Å²) in [6.07, 6.45) is 0. The molecule has 0 aromatic heterocycles. The van der Waals surface area contributed by atoms with E-state index in [-0.39, 0.29) is 11.8 Å². The normalized spacial score (nSPS) is 19.5. The van der Waals surface area contributed by atoms with Gasteiger partial charge in [-0.15, -0.1) is 0 Å². The number of rotatable bonds is 1. The third kappa shape index (κ3) is 0.828. The molecule has 0 radical (unpaired) electrons. The van der Waals surface area contributed by atoms with Crippen LogP contribution in [0.5, 0.6) is 0 Å². The number of hydrogen-bond donors (Lipinski definition) is 1. The van der Waals surface area contributed by atoms with E-state index in [0.717, 1.165) is 0 Å². The van der Waals surface area contributed by atoms with E-state index in [4.69, 9.17) is 5.73 Å². The Morgan fingerprint density at radius 2 is 2.00 bits per heavy atom. The number of azo groups is 1. The molecule has 1 heterocycles. The summed E-state index contributed by atoms with van der Waals surface area (Å²) in [5, 5.41) is 7.22. The van der Waals surface area contributed by atoms with Crippen LogP contribution in [-0.4, -0.2) is 19.0 Å². The summed E-state index contributed by atoms with van der Waals surface area (Å²) >= 11 is 0. The second kappa shape index (κ2) is 1.90. The smallest absolute Gasteiger partial charge is 0.224 e. The molecule has 0 aromatic carbocycles. The quantitative estimate of drug-likeness (QED) is 0.491. The molecule has 0 bridgehead atoms. The molecular formula is C4H7N3O. The molecule has 1 aliphatic heterocycles. The lowest BCUT2D eigenvalue weighted by Gasteiger charge is -1.95. The van der Waals surface area contributed by atoms with Crippen molar-refractivity contribution >= 4 is 5.91 Å². The van der Waals surface area contributed by atoms with Gasteiger partial charge >= 0.3 is 0 Å². The third-order valence-corrected chi connectivity index (χ3v) is 1.11. The molecular weight excluding hydrogens is 106 g/mol. The summed E-state index contributed by atoms with van der Waals surface area (Å²) in [5.41, 5.74) is 4.94. The summed E-state index contributed by atoms with van der Waals surface area (Å²) in [5.74, 6) is -0.426. The first-order valence-corrected chi connectivity index (χ1v) is 2.43. The molecule has 4 nitrogen and oxygen atoms in total. The number of hydrogen-bond acceptors (Lipinski definition) is 3. The van der Waals surface area contributed by atoms with Crippen LogP contribution in [0.2, 0.25) is 0 Å². The van der Waals surface area contributed by atoms with Gasteiger partial charge in [0.15, 0.2) is 0 Å². The van der Waals surface area contributed by atoms with Crippen LogP contribution in [0.15, 0.2) is 10.2 Å². The minimum absolute atomic E-state index is 0.130. The Morgan fingerprint density at radius 1 is 1.50 bits per heavy atom. The van der Waals surface area contributed by atoms with Gasteiger partial charge in [-0.05, 0) is 0 Å². The average molecular weight is 113 g/mol. The Balaban J connectivity index is 2.41. The molecule has 0 unspecified atom stereocenters. The molecule has 0 fully saturated rings. The minimum Gasteiger partial charge on any atom is -0.369 e. The van der Waals surface area contributed by atoms with Gasteiger partial charge in [-0.1, -0.05) is 0 Å². The van der Waals surface area contributed by atoms with E-state index in [1.165, 1.54) is 0 Å². The predicted octanol–water partition coefficient (Wildman–Crippen LogP) is -0.446. The standard InChI is InChI=1S/C4H7N3O/c5-4(8)3-1-6-7-2-3/h3H,1-2H2,(H2,5,8). The Kier molecular flexibility index (Phi) is 1.24. The maximum atomic E-state index is 10.3. The van der Waals surface area contributed by atoms with Crippen molar-refractivity contribution in [3.63, 3.8) is 0 Å². The van der Waals surface area contributed by atoms with E-state index < -0.39 is 0 Å². The van der Waals surface area contributed by atoms with Crippen LogP contribution in [0, 0.1) is 5.92 Å². The van der Waals surface area contributed by atoms with Gasteiger partial charge in [0.25, 0.3) is 0 Å². The molecule has 8 heavy (non-hydrogen) atoms. The SMILES string of the molecule is NC(=O)C1CN=NC1. The summed E-state index contributed by atoms with van der Waals surface area (Å²) in [7, 11) is 0. The van der Waals surface area contributed by atoms with Crippen LogP contribution in [0.1, 0.15) is 0 Å². The highest BCUT2D eigenvalue weighted by molar-refractivity contribution is 5.77. The van der Waals surface area contributed by atoms with E-state index in [2.05, 4.69) is 10.2 Å². The second-order valence-electron chi connectivity index (χ2n) is 1.75. The average Bonchev–Trinajstić information content (AvgIpc) is 2.12. The lowest BCUT2D eigenvalue weighted by atomic mass is 10.1. The highest BCUT2D eigenvalue weighted by atomic mass is 16.1. The lowest BCUT2D eigenvalue weighted by Crippen LogP contribution is -2.25. The second-order valence-corrected chi connectivity index (χ2v) is 1.75. The molecule has 1 aliphatic rings. The summed E-state index contributed by atoms with van der Waals surface area (Å²) in [6, 6.07) is 0. The van der Waals surface area contributed by atoms with E-state index in [1.807, 2.05) is 0 Å². The van der Waals surface area contributed by atoms with Crippen molar-refractivity contribution in [3.05, 3.63) is 0 Å². The van der Waals surface area contributed by atoms with E-state index >= 15 is 0 Å². The molecule has 0 saturated carbocycles. The van der Waals surface area contributed by atoms with Crippen LogP contribution >= 0.6 is 0 Å². The highest BCUT2D eigenvalue weighted by Crippen LogP contribution is 2.04. The number of carbonyl (C=O) groups is 1. The molecule has 44 valence electrons. The van der Waals surface area contributed by atoms with Gasteiger partial charge in [-0.25, -0.2) is 0 Å². The molecule has 0 aromatic rings. The van der Waals surface area contributed by atoms with Gasteiger partial charge in [0.1, 0.15) is 0 Å². The van der Waals surface area contributed by atoms with Crippen LogP contribution < -0.4 is 5.73 Å². The largest absolute Gasteiger partial charge is 0.369 e. The van der Waals surface area contributed by atoms with Gasteiger partial charge in [0.05, 0.1) is 19.0 Å². The van der Waals surface area contributed by atoms with E-state index in [1.54, 1.807) is 0 Å². The van der Waals surface area contributed by atoms with Gasteiger partial charge in [-0.2, -0.15) is 10.2 Å². The molecule has 1 rings (SSSR count). The van der Waals surface area contributed by atoms with Crippen LogP contribution in [-0.2, 0) is 4.79 Å². The zero-order chi connectivity index (χ0) is 5.98. The Bertz CT molecular complexity index is 123. The summed E-state index contributed by atoms with van der Waals surface area (Å²) < 4.78 is 0. The number of primary amides is 1. The number of carbonyl (C=O) groups excluding carboxylic acids is 1. The van der Waals surface area contributed by atoms with Gasteiger partial charge < -0.3 is 5.73 Å². The Hall–Kier alpha value is -0.930. The van der Waals surface area contributed by atoms with E-state index in [0.29, 0.717) is 13.1 Å². The van der Waals surface area contributed by atoms with Crippen molar-refractivity contribution in [3.8, 4) is 0 Å². The predicted molar refractivity (Wildman–Crippen MR) is 27.3 cm³/mol. The first kappa shape index (κ1) is 5.21. The van der Waals surface area contributed by atoms with E-state index in [9.17, 15) is 4.79 Å². The topological polar surface area (TPSA) is 67.8 Å². The molecule has 0 atom stereocenters. The van der Waals surface area contributed by atoms with Crippen LogP contribution in [0.25, 0.3) is 0 Å². The van der Waals surface area contributed by atoms with Crippen molar-refractivity contribution in [2.24, 2.45) is 21.9 Å². The fraction of sp³-hybridized carbons (Fsp3) is 0.750. The monoisotopic (exact) mass is 113 g/mol. The fourth-order valence-corrected chi connectivity index (χ4v) is 0.550. The van der Waals surface area contributed by atoms with Crippen LogP contribution in [0.3, 0.4) is 0 Å². The zero-order valence-electron chi connectivity index (χ0n) is 4.37. The Morgan fingerprint density at radius 3 is 2.25 bits per heavy atom. The lowest BCUT2D eigenvalue weighted by molar-refractivity contribution is -0.120. The molecule has 0 aliphatic carbocycles. The third-order valence-electron chi connectivity index (χ3n) is 1.11. The number of amides is 1. The van der Waals surface area contributed by atoms with Gasteiger partial charge in [0.2, 0.25) is 5.91 Å². The highest BCUT2D eigenvalue weighted by Gasteiger charge is 2.17. The molecule has 1 amide bonds. The first-order valence-electron chi connectivity index (χ1n) is 2.43. The molecule has 0 spiro atoms. The van der Waals surface area contributed by atoms with Crippen molar-refractivity contribution in [1.29, 1.82) is 0 Å². The number of nitrogens with zero attached hydrogens (tertiary/aromatic N) is 2. The maximum absolute atomic E-state index is 10.3. The minimum atomic E-state index is -0.296. The van der Waals surface area contributed by atoms with Crippen molar-refractivity contribution in [2.75, 3.05) is 13.1 Å². The fourth-order valence-electron chi connectivity index (χ4n) is 0.550. The molecule has 4 heteroatoms. The van der Waals surface area contributed by atoms with Gasteiger partial charge in [0, 0.05) is 0 Å². The summed E-state index contributed by atoms with van der Waals surface area (Å²) in [6.45, 7) is 0.963. The zero-order valence-corrected chi connectivity index (χ0v) is 4.37. The first-order chi connectivity index (χ1) is 3.80. The van der Waals surface area contributed by atoms with Crippen molar-refractivity contribution in [1.82, 2.24) is 0 Å². The number of nitrogens with two attached hydrogens (primary N) is 1. The molecule has 2 N–H and O–H groups in total.